The highest BCUT2D eigenvalue weighted by atomic mass is 16.5. The molecule has 0 unspecified atom stereocenters. The highest BCUT2D eigenvalue weighted by Gasteiger charge is 2.31. The zero-order chi connectivity index (χ0) is 25.1. The van der Waals surface area contributed by atoms with Crippen LogP contribution in [0.15, 0.2) is 18.3 Å². The molecule has 2 N–H and O–H groups in total. The minimum Gasteiger partial charge on any atom is -0.388 e. The van der Waals surface area contributed by atoms with Crippen LogP contribution in [0.3, 0.4) is 0 Å². The second kappa shape index (κ2) is 14.4. The van der Waals surface area contributed by atoms with Gasteiger partial charge in [-0.25, -0.2) is 0 Å². The largest absolute Gasteiger partial charge is 0.388 e. The SMILES string of the molecule is CC(=O)N1CCN(C(=O)c2ncccc2C)CCCCOC[C@@H](O)[C@@H](O)[C@H](OCCC(C)C)C1. The Balaban J connectivity index is 2.20. The van der Waals surface area contributed by atoms with E-state index in [2.05, 4.69) is 18.8 Å². The summed E-state index contributed by atoms with van der Waals surface area (Å²) in [5.41, 5.74) is 1.21. The molecule has 0 aliphatic carbocycles. The second-order valence-electron chi connectivity index (χ2n) is 9.36. The van der Waals surface area contributed by atoms with E-state index in [1.165, 1.54) is 6.92 Å². The van der Waals surface area contributed by atoms with Gasteiger partial charge in [-0.2, -0.15) is 0 Å². The van der Waals surface area contributed by atoms with Crippen molar-refractivity contribution in [2.45, 2.75) is 65.3 Å². The number of carbonyl (C=O) groups excluding carboxylic acids is 2. The van der Waals surface area contributed by atoms with Crippen LogP contribution in [0.1, 0.15) is 56.1 Å². The number of nitrogens with zero attached hydrogens (tertiary/aromatic N) is 3. The molecule has 3 atom stereocenters. The summed E-state index contributed by atoms with van der Waals surface area (Å²) in [5, 5.41) is 21.2. The molecule has 0 aromatic carbocycles. The highest BCUT2D eigenvalue weighted by molar-refractivity contribution is 5.93. The number of ether oxygens (including phenoxy) is 2. The van der Waals surface area contributed by atoms with Crippen LogP contribution in [0.5, 0.6) is 0 Å². The summed E-state index contributed by atoms with van der Waals surface area (Å²) >= 11 is 0. The molecule has 1 aromatic rings. The first-order valence-electron chi connectivity index (χ1n) is 12.2. The van der Waals surface area contributed by atoms with E-state index in [1.807, 2.05) is 13.0 Å². The number of hydrogen-bond acceptors (Lipinski definition) is 7. The third kappa shape index (κ3) is 8.94. The van der Waals surface area contributed by atoms with Gasteiger partial charge in [-0.1, -0.05) is 19.9 Å². The first-order chi connectivity index (χ1) is 16.2. The molecule has 0 radical (unpaired) electrons. The van der Waals surface area contributed by atoms with Crippen molar-refractivity contribution in [3.63, 3.8) is 0 Å². The van der Waals surface area contributed by atoms with Crippen LogP contribution in [0, 0.1) is 12.8 Å². The van der Waals surface area contributed by atoms with Crippen LogP contribution in [-0.2, 0) is 14.3 Å². The van der Waals surface area contributed by atoms with E-state index in [0.717, 1.165) is 12.0 Å². The normalized spacial score (nSPS) is 23.6. The Kier molecular flexibility index (Phi) is 11.9. The predicted molar refractivity (Wildman–Crippen MR) is 128 cm³/mol. The van der Waals surface area contributed by atoms with Crippen molar-refractivity contribution in [3.05, 3.63) is 29.6 Å². The number of aliphatic hydroxyl groups excluding tert-OH is 2. The average molecular weight is 480 g/mol. The minimum absolute atomic E-state index is 0.0267. The molecular weight excluding hydrogens is 438 g/mol. The maximum atomic E-state index is 13.2. The van der Waals surface area contributed by atoms with E-state index >= 15 is 0 Å². The van der Waals surface area contributed by atoms with Gasteiger partial charge in [-0.05, 0) is 43.7 Å². The fraction of sp³-hybridized carbons (Fsp3) is 0.720. The van der Waals surface area contributed by atoms with Gasteiger partial charge in [0, 0.05) is 52.5 Å². The summed E-state index contributed by atoms with van der Waals surface area (Å²) in [6.07, 6.45) is 0.701. The molecule has 0 saturated carbocycles. The Labute approximate surface area is 203 Å². The molecule has 2 heterocycles. The standard InChI is InChI=1S/C25H41N3O6/c1-18(2)9-15-34-22-16-28(20(4)29)13-12-27(25(32)23-19(3)8-7-10-26-23)11-5-6-14-33-17-21(30)24(22)31/h7-8,10,18,21-22,24,30-31H,5-6,9,11-17H2,1-4H3/t21-,22-,24-/m1/s1. The van der Waals surface area contributed by atoms with E-state index < -0.39 is 18.3 Å². The third-order valence-electron chi connectivity index (χ3n) is 6.04. The van der Waals surface area contributed by atoms with Crippen molar-refractivity contribution >= 4 is 11.8 Å². The maximum absolute atomic E-state index is 13.2. The van der Waals surface area contributed by atoms with Crippen molar-refractivity contribution in [3.8, 4) is 0 Å². The van der Waals surface area contributed by atoms with E-state index in [0.29, 0.717) is 50.8 Å². The third-order valence-corrected chi connectivity index (χ3v) is 6.04. The van der Waals surface area contributed by atoms with Crippen LogP contribution >= 0.6 is 0 Å². The summed E-state index contributed by atoms with van der Waals surface area (Å²) in [6.45, 7) is 9.47. The number of carbonyl (C=O) groups is 2. The molecule has 9 nitrogen and oxygen atoms in total. The van der Waals surface area contributed by atoms with Crippen LogP contribution in [0.25, 0.3) is 0 Å². The van der Waals surface area contributed by atoms with Crippen LogP contribution in [0.4, 0.5) is 0 Å². The number of hydrogen-bond donors (Lipinski definition) is 2. The molecule has 9 heteroatoms. The lowest BCUT2D eigenvalue weighted by Gasteiger charge is -2.33. The molecule has 1 aliphatic rings. The number of amides is 2. The van der Waals surface area contributed by atoms with Crippen LogP contribution in [-0.4, -0.2) is 101 Å². The quantitative estimate of drug-likeness (QED) is 0.660. The van der Waals surface area contributed by atoms with E-state index in [1.54, 1.807) is 22.1 Å². The van der Waals surface area contributed by atoms with Crippen molar-refractivity contribution in [2.24, 2.45) is 5.92 Å². The molecule has 0 bridgehead atoms. The molecule has 1 saturated heterocycles. The van der Waals surface area contributed by atoms with Gasteiger partial charge in [0.1, 0.15) is 24.0 Å². The van der Waals surface area contributed by atoms with Gasteiger partial charge < -0.3 is 29.5 Å². The average Bonchev–Trinajstić information content (AvgIpc) is 2.79. The van der Waals surface area contributed by atoms with Gasteiger partial charge in [-0.3, -0.25) is 14.6 Å². The first kappa shape index (κ1) is 28.2. The molecule has 192 valence electrons. The lowest BCUT2D eigenvalue weighted by Crippen LogP contribution is -2.50. The Bertz CT molecular complexity index is 775. The number of pyridine rings is 1. The van der Waals surface area contributed by atoms with Crippen molar-refractivity contribution < 1.29 is 29.3 Å². The van der Waals surface area contributed by atoms with Crippen LogP contribution < -0.4 is 0 Å². The lowest BCUT2D eigenvalue weighted by molar-refractivity contribution is -0.140. The Hall–Kier alpha value is -2.07. The summed E-state index contributed by atoms with van der Waals surface area (Å²) in [6, 6.07) is 3.65. The molecular formula is C25H41N3O6. The number of aryl methyl sites for hydroxylation is 1. The predicted octanol–water partition coefficient (Wildman–Crippen LogP) is 1.64. The van der Waals surface area contributed by atoms with Gasteiger partial charge in [-0.15, -0.1) is 0 Å². The Morgan fingerprint density at radius 3 is 2.62 bits per heavy atom. The summed E-state index contributed by atoms with van der Waals surface area (Å²) < 4.78 is 11.5. The Morgan fingerprint density at radius 1 is 1.21 bits per heavy atom. The van der Waals surface area contributed by atoms with E-state index in [4.69, 9.17) is 9.47 Å². The molecule has 1 aliphatic heterocycles. The smallest absolute Gasteiger partial charge is 0.272 e. The van der Waals surface area contributed by atoms with Crippen molar-refractivity contribution in [1.29, 1.82) is 0 Å². The maximum Gasteiger partial charge on any atom is 0.272 e. The zero-order valence-electron chi connectivity index (χ0n) is 21.0. The monoisotopic (exact) mass is 479 g/mol. The number of aromatic nitrogens is 1. The van der Waals surface area contributed by atoms with E-state index in [9.17, 15) is 19.8 Å². The summed E-state index contributed by atoms with van der Waals surface area (Å²) in [5.74, 6) is 0.0566. The number of rotatable bonds is 5. The zero-order valence-corrected chi connectivity index (χ0v) is 21.0. The lowest BCUT2D eigenvalue weighted by atomic mass is 10.1. The molecule has 2 amide bonds. The molecule has 1 fully saturated rings. The minimum atomic E-state index is -1.20. The molecule has 2 rings (SSSR count). The molecule has 1 aromatic heterocycles. The Morgan fingerprint density at radius 2 is 1.94 bits per heavy atom. The highest BCUT2D eigenvalue weighted by Crippen LogP contribution is 2.14. The topological polar surface area (TPSA) is 112 Å². The number of aliphatic hydroxyl groups is 2. The summed E-state index contributed by atoms with van der Waals surface area (Å²) in [4.78, 5) is 33.2. The fourth-order valence-corrected chi connectivity index (χ4v) is 3.78. The van der Waals surface area contributed by atoms with Gasteiger partial charge in [0.2, 0.25) is 5.91 Å². The first-order valence-corrected chi connectivity index (χ1v) is 12.2. The summed E-state index contributed by atoms with van der Waals surface area (Å²) in [7, 11) is 0. The second-order valence-corrected chi connectivity index (χ2v) is 9.36. The van der Waals surface area contributed by atoms with E-state index in [-0.39, 0.29) is 31.5 Å². The fourth-order valence-electron chi connectivity index (χ4n) is 3.78. The van der Waals surface area contributed by atoms with Gasteiger partial charge in [0.05, 0.1) is 6.61 Å². The van der Waals surface area contributed by atoms with Gasteiger partial charge in [0.25, 0.3) is 5.91 Å². The van der Waals surface area contributed by atoms with Crippen molar-refractivity contribution in [1.82, 2.24) is 14.8 Å². The van der Waals surface area contributed by atoms with Crippen LogP contribution in [0.2, 0.25) is 0 Å². The van der Waals surface area contributed by atoms with Crippen molar-refractivity contribution in [2.75, 3.05) is 46.0 Å². The molecule has 0 spiro atoms. The van der Waals surface area contributed by atoms with Gasteiger partial charge >= 0.3 is 0 Å². The van der Waals surface area contributed by atoms with Gasteiger partial charge in [0.15, 0.2) is 0 Å². The molecule has 34 heavy (non-hydrogen) atoms.